The number of carbonyl (C=O) groups is 1. The summed E-state index contributed by atoms with van der Waals surface area (Å²) in [7, 11) is 0. The average Bonchev–Trinajstić information content (AvgIpc) is 2.58. The molecule has 0 bridgehead atoms. The van der Waals surface area contributed by atoms with E-state index >= 15 is 0 Å². The van der Waals surface area contributed by atoms with Crippen LogP contribution in [0.3, 0.4) is 0 Å². The predicted molar refractivity (Wildman–Crippen MR) is 102 cm³/mol. The number of pyridine rings is 1. The third-order valence-corrected chi connectivity index (χ3v) is 4.61. The molecular weight excluding hydrogens is 312 g/mol. The van der Waals surface area contributed by atoms with Gasteiger partial charge in [-0.15, -0.1) is 0 Å². The molecule has 0 unspecified atom stereocenters. The van der Waals surface area contributed by atoms with Crippen LogP contribution >= 0.6 is 0 Å². The van der Waals surface area contributed by atoms with E-state index < -0.39 is 0 Å². The largest absolute Gasteiger partial charge is 0.326 e. The fraction of sp³-hybridized carbons (Fsp3) is 0.238. The maximum Gasteiger partial charge on any atom is 0.251 e. The van der Waals surface area contributed by atoms with Crippen molar-refractivity contribution >= 4 is 22.5 Å². The van der Waals surface area contributed by atoms with E-state index in [2.05, 4.69) is 10.3 Å². The quantitative estimate of drug-likeness (QED) is 0.757. The van der Waals surface area contributed by atoms with Gasteiger partial charge in [0.15, 0.2) is 0 Å². The molecule has 0 atom stereocenters. The van der Waals surface area contributed by atoms with Gasteiger partial charge in [-0.2, -0.15) is 0 Å². The standard InChI is InChI=1S/C21H22N2O2/c1-13-5-4-6-18(15(13)3)22-20(24)10-8-16-7-9-19-17(12-16)11-14(2)21(25)23-19/h4-7,9,11-12H,8,10H2,1-3H3,(H,22,24)(H,23,25). The highest BCUT2D eigenvalue weighted by atomic mass is 16.1. The Balaban J connectivity index is 1.69. The zero-order valence-corrected chi connectivity index (χ0v) is 14.8. The van der Waals surface area contributed by atoms with Crippen LogP contribution in [0, 0.1) is 20.8 Å². The Morgan fingerprint density at radius 1 is 1.04 bits per heavy atom. The normalized spacial score (nSPS) is 10.8. The van der Waals surface area contributed by atoms with Gasteiger partial charge in [-0.3, -0.25) is 9.59 Å². The molecule has 0 fully saturated rings. The Labute approximate surface area is 146 Å². The van der Waals surface area contributed by atoms with Crippen LogP contribution in [0.2, 0.25) is 0 Å². The van der Waals surface area contributed by atoms with Crippen molar-refractivity contribution in [1.82, 2.24) is 4.98 Å². The second-order valence-corrected chi connectivity index (χ2v) is 6.50. The summed E-state index contributed by atoms with van der Waals surface area (Å²) in [5.41, 5.74) is 5.66. The van der Waals surface area contributed by atoms with Gasteiger partial charge in [0.1, 0.15) is 0 Å². The summed E-state index contributed by atoms with van der Waals surface area (Å²) in [6, 6.07) is 13.7. The van der Waals surface area contributed by atoms with Gasteiger partial charge in [0.2, 0.25) is 5.91 Å². The highest BCUT2D eigenvalue weighted by Crippen LogP contribution is 2.19. The summed E-state index contributed by atoms with van der Waals surface area (Å²) in [5.74, 6) is 0.00597. The van der Waals surface area contributed by atoms with Gasteiger partial charge in [-0.05, 0) is 73.5 Å². The molecule has 1 aromatic heterocycles. The first-order valence-electron chi connectivity index (χ1n) is 8.42. The molecule has 0 aliphatic carbocycles. The van der Waals surface area contributed by atoms with Crippen molar-refractivity contribution in [3.05, 3.63) is 75.1 Å². The van der Waals surface area contributed by atoms with Crippen molar-refractivity contribution in [2.75, 3.05) is 5.32 Å². The molecule has 0 saturated heterocycles. The number of aryl methyl sites for hydroxylation is 3. The van der Waals surface area contributed by atoms with Crippen LogP contribution in [0.1, 0.15) is 28.7 Å². The molecule has 2 N–H and O–H groups in total. The number of nitrogens with one attached hydrogen (secondary N) is 2. The van der Waals surface area contributed by atoms with Gasteiger partial charge in [-0.1, -0.05) is 18.2 Å². The lowest BCUT2D eigenvalue weighted by Gasteiger charge is -2.10. The van der Waals surface area contributed by atoms with E-state index in [0.29, 0.717) is 18.4 Å². The molecule has 4 heteroatoms. The summed E-state index contributed by atoms with van der Waals surface area (Å²) in [6.45, 7) is 5.84. The number of carbonyl (C=O) groups excluding carboxylic acids is 1. The van der Waals surface area contributed by atoms with Crippen LogP contribution < -0.4 is 10.9 Å². The lowest BCUT2D eigenvalue weighted by Crippen LogP contribution is -2.13. The minimum Gasteiger partial charge on any atom is -0.326 e. The molecule has 3 aromatic rings. The van der Waals surface area contributed by atoms with Crippen molar-refractivity contribution < 1.29 is 4.79 Å². The third-order valence-electron chi connectivity index (χ3n) is 4.61. The topological polar surface area (TPSA) is 62.0 Å². The molecule has 3 rings (SSSR count). The Morgan fingerprint density at radius 2 is 1.84 bits per heavy atom. The number of hydrogen-bond donors (Lipinski definition) is 2. The Kier molecular flexibility index (Phi) is 4.70. The molecule has 0 radical (unpaired) electrons. The molecule has 0 aliphatic heterocycles. The second-order valence-electron chi connectivity index (χ2n) is 6.50. The lowest BCUT2D eigenvalue weighted by molar-refractivity contribution is -0.116. The smallest absolute Gasteiger partial charge is 0.251 e. The number of benzene rings is 2. The maximum atomic E-state index is 12.3. The molecular formula is C21H22N2O2. The van der Waals surface area contributed by atoms with E-state index in [1.807, 2.05) is 56.3 Å². The van der Waals surface area contributed by atoms with Crippen LogP contribution in [0.25, 0.3) is 10.9 Å². The lowest BCUT2D eigenvalue weighted by atomic mass is 10.0. The van der Waals surface area contributed by atoms with Crippen LogP contribution in [-0.2, 0) is 11.2 Å². The van der Waals surface area contributed by atoms with Gasteiger partial charge in [0.25, 0.3) is 5.56 Å². The van der Waals surface area contributed by atoms with E-state index in [0.717, 1.165) is 33.3 Å². The Morgan fingerprint density at radius 3 is 2.64 bits per heavy atom. The van der Waals surface area contributed by atoms with E-state index in [-0.39, 0.29) is 11.5 Å². The molecule has 0 spiro atoms. The van der Waals surface area contributed by atoms with Gasteiger partial charge in [0.05, 0.1) is 0 Å². The van der Waals surface area contributed by atoms with Crippen molar-refractivity contribution in [2.24, 2.45) is 0 Å². The van der Waals surface area contributed by atoms with Gasteiger partial charge in [0, 0.05) is 23.2 Å². The first kappa shape index (κ1) is 17.0. The monoisotopic (exact) mass is 334 g/mol. The van der Waals surface area contributed by atoms with Crippen molar-refractivity contribution in [3.8, 4) is 0 Å². The van der Waals surface area contributed by atoms with Crippen LogP contribution in [-0.4, -0.2) is 10.9 Å². The van der Waals surface area contributed by atoms with Crippen molar-refractivity contribution in [1.29, 1.82) is 0 Å². The summed E-state index contributed by atoms with van der Waals surface area (Å²) in [6.07, 6.45) is 1.08. The fourth-order valence-corrected chi connectivity index (χ4v) is 2.88. The minimum absolute atomic E-state index is 0.00597. The van der Waals surface area contributed by atoms with Crippen LogP contribution in [0.5, 0.6) is 0 Å². The molecule has 0 aliphatic rings. The Bertz CT molecular complexity index is 1000. The van der Waals surface area contributed by atoms with E-state index in [4.69, 9.17) is 0 Å². The number of fused-ring (bicyclic) bond motifs is 1. The van der Waals surface area contributed by atoms with Gasteiger partial charge >= 0.3 is 0 Å². The number of H-pyrrole nitrogens is 1. The third kappa shape index (κ3) is 3.79. The Hall–Kier alpha value is -2.88. The first-order valence-corrected chi connectivity index (χ1v) is 8.42. The number of anilines is 1. The first-order chi connectivity index (χ1) is 11.9. The number of aromatic amines is 1. The molecule has 2 aromatic carbocycles. The van der Waals surface area contributed by atoms with E-state index in [9.17, 15) is 9.59 Å². The fourth-order valence-electron chi connectivity index (χ4n) is 2.88. The highest BCUT2D eigenvalue weighted by Gasteiger charge is 2.07. The van der Waals surface area contributed by atoms with Crippen LogP contribution in [0.15, 0.2) is 47.3 Å². The SMILES string of the molecule is Cc1cccc(NC(=O)CCc2ccc3[nH]c(=O)c(C)cc3c2)c1C. The molecule has 1 heterocycles. The summed E-state index contributed by atoms with van der Waals surface area (Å²) < 4.78 is 0. The zero-order valence-electron chi connectivity index (χ0n) is 14.8. The molecule has 1 amide bonds. The minimum atomic E-state index is -0.0619. The number of rotatable bonds is 4. The summed E-state index contributed by atoms with van der Waals surface area (Å²) in [5, 5.41) is 3.98. The summed E-state index contributed by atoms with van der Waals surface area (Å²) >= 11 is 0. The van der Waals surface area contributed by atoms with Gasteiger partial charge < -0.3 is 10.3 Å². The van der Waals surface area contributed by atoms with Crippen molar-refractivity contribution in [3.63, 3.8) is 0 Å². The zero-order chi connectivity index (χ0) is 18.0. The maximum absolute atomic E-state index is 12.3. The average molecular weight is 334 g/mol. The van der Waals surface area contributed by atoms with Crippen molar-refractivity contribution in [2.45, 2.75) is 33.6 Å². The number of hydrogen-bond acceptors (Lipinski definition) is 2. The van der Waals surface area contributed by atoms with E-state index in [1.54, 1.807) is 6.92 Å². The summed E-state index contributed by atoms with van der Waals surface area (Å²) in [4.78, 5) is 26.8. The number of aromatic nitrogens is 1. The predicted octanol–water partition coefficient (Wildman–Crippen LogP) is 4.02. The molecule has 128 valence electrons. The highest BCUT2D eigenvalue weighted by molar-refractivity contribution is 5.91. The molecule has 25 heavy (non-hydrogen) atoms. The van der Waals surface area contributed by atoms with Crippen LogP contribution in [0.4, 0.5) is 5.69 Å². The van der Waals surface area contributed by atoms with Gasteiger partial charge in [-0.25, -0.2) is 0 Å². The number of amides is 1. The second kappa shape index (κ2) is 6.93. The molecule has 4 nitrogen and oxygen atoms in total. The molecule has 0 saturated carbocycles. The van der Waals surface area contributed by atoms with E-state index in [1.165, 1.54) is 0 Å².